The zero-order valence-electron chi connectivity index (χ0n) is 12.7. The topological polar surface area (TPSA) is 56.0 Å². The van der Waals surface area contributed by atoms with Crippen LogP contribution < -0.4 is 5.32 Å². The summed E-state index contributed by atoms with van der Waals surface area (Å²) in [5.74, 6) is 0. The van der Waals surface area contributed by atoms with Crippen molar-refractivity contribution in [3.63, 3.8) is 0 Å². The van der Waals surface area contributed by atoms with Crippen LogP contribution in [-0.4, -0.2) is 11.7 Å². The summed E-state index contributed by atoms with van der Waals surface area (Å²) >= 11 is 0. The molecule has 3 heteroatoms. The Morgan fingerprint density at radius 2 is 1.61 bits per heavy atom. The maximum absolute atomic E-state index is 9.71. The molecule has 0 aliphatic carbocycles. The minimum atomic E-state index is -0.488. The van der Waals surface area contributed by atoms with Gasteiger partial charge in [0.25, 0.3) is 0 Å². The van der Waals surface area contributed by atoms with Crippen molar-refractivity contribution in [2.45, 2.75) is 12.1 Å². The molecule has 0 unspecified atom stereocenters. The first-order valence-corrected chi connectivity index (χ1v) is 7.62. The summed E-state index contributed by atoms with van der Waals surface area (Å²) < 4.78 is 0. The van der Waals surface area contributed by atoms with Gasteiger partial charge in [-0.2, -0.15) is 5.26 Å². The smallest absolute Gasteiger partial charge is 0.122 e. The molecule has 0 aromatic heterocycles. The largest absolute Gasteiger partial charge is 0.394 e. The predicted molar refractivity (Wildman–Crippen MR) is 91.7 cm³/mol. The SMILES string of the molecule is N#C[C@H](N[C@H](CO)c1ccccc1)c1cccc2ccccc12. The molecule has 3 aromatic carbocycles. The van der Waals surface area contributed by atoms with E-state index in [2.05, 4.69) is 11.4 Å². The molecule has 0 aliphatic rings. The van der Waals surface area contributed by atoms with Crippen molar-refractivity contribution >= 4 is 10.8 Å². The van der Waals surface area contributed by atoms with Crippen LogP contribution in [0.4, 0.5) is 0 Å². The zero-order valence-corrected chi connectivity index (χ0v) is 12.7. The van der Waals surface area contributed by atoms with Crippen LogP contribution in [0, 0.1) is 11.3 Å². The van der Waals surface area contributed by atoms with E-state index in [1.165, 1.54) is 0 Å². The number of nitrogens with zero attached hydrogens (tertiary/aromatic N) is 1. The zero-order chi connectivity index (χ0) is 16.1. The molecule has 3 aromatic rings. The third-order valence-electron chi connectivity index (χ3n) is 4.02. The van der Waals surface area contributed by atoms with E-state index in [9.17, 15) is 10.4 Å². The van der Waals surface area contributed by atoms with Gasteiger partial charge >= 0.3 is 0 Å². The van der Waals surface area contributed by atoms with Crippen LogP contribution in [0.1, 0.15) is 23.2 Å². The van der Waals surface area contributed by atoms with E-state index in [-0.39, 0.29) is 12.6 Å². The Labute approximate surface area is 135 Å². The van der Waals surface area contributed by atoms with E-state index in [0.29, 0.717) is 0 Å². The van der Waals surface area contributed by atoms with Crippen LogP contribution in [0.5, 0.6) is 0 Å². The Morgan fingerprint density at radius 3 is 2.35 bits per heavy atom. The maximum atomic E-state index is 9.71. The van der Waals surface area contributed by atoms with Crippen molar-refractivity contribution in [3.8, 4) is 6.07 Å². The van der Waals surface area contributed by atoms with E-state index in [1.807, 2.05) is 72.8 Å². The first-order chi connectivity index (χ1) is 11.3. The summed E-state index contributed by atoms with van der Waals surface area (Å²) in [6.45, 7) is -0.0625. The van der Waals surface area contributed by atoms with Gasteiger partial charge in [0, 0.05) is 0 Å². The van der Waals surface area contributed by atoms with Gasteiger partial charge in [-0.1, -0.05) is 72.8 Å². The molecular weight excluding hydrogens is 284 g/mol. The van der Waals surface area contributed by atoms with Crippen LogP contribution in [0.15, 0.2) is 72.8 Å². The summed E-state index contributed by atoms with van der Waals surface area (Å²) in [5.41, 5.74) is 1.90. The highest BCUT2D eigenvalue weighted by molar-refractivity contribution is 5.86. The number of aliphatic hydroxyl groups is 1. The predicted octanol–water partition coefficient (Wildman–Crippen LogP) is 3.73. The van der Waals surface area contributed by atoms with E-state index in [0.717, 1.165) is 21.9 Å². The average molecular weight is 302 g/mol. The normalized spacial score (nSPS) is 13.4. The molecule has 0 radical (unpaired) electrons. The number of rotatable bonds is 5. The summed E-state index contributed by atoms with van der Waals surface area (Å²) in [4.78, 5) is 0. The molecule has 23 heavy (non-hydrogen) atoms. The second-order valence-electron chi connectivity index (χ2n) is 5.44. The minimum Gasteiger partial charge on any atom is -0.394 e. The van der Waals surface area contributed by atoms with Crippen LogP contribution in [0.25, 0.3) is 10.8 Å². The molecule has 0 fully saturated rings. The second-order valence-corrected chi connectivity index (χ2v) is 5.44. The first-order valence-electron chi connectivity index (χ1n) is 7.62. The van der Waals surface area contributed by atoms with E-state index in [4.69, 9.17) is 0 Å². The lowest BCUT2D eigenvalue weighted by molar-refractivity contribution is 0.240. The van der Waals surface area contributed by atoms with Gasteiger partial charge in [-0.05, 0) is 21.9 Å². The van der Waals surface area contributed by atoms with Gasteiger partial charge in [-0.3, -0.25) is 5.32 Å². The summed E-state index contributed by atoms with van der Waals surface area (Å²) in [6, 6.07) is 25.2. The molecule has 0 saturated carbocycles. The molecule has 0 bridgehead atoms. The van der Waals surface area contributed by atoms with E-state index >= 15 is 0 Å². The average Bonchev–Trinajstić information content (AvgIpc) is 2.63. The molecule has 2 atom stereocenters. The van der Waals surface area contributed by atoms with Crippen LogP contribution in [0.2, 0.25) is 0 Å². The fourth-order valence-electron chi connectivity index (χ4n) is 2.84. The Balaban J connectivity index is 1.95. The summed E-state index contributed by atoms with van der Waals surface area (Å²) in [5, 5.41) is 24.8. The van der Waals surface area contributed by atoms with Crippen molar-refractivity contribution in [2.75, 3.05) is 6.61 Å². The summed E-state index contributed by atoms with van der Waals surface area (Å²) in [7, 11) is 0. The number of fused-ring (bicyclic) bond motifs is 1. The van der Waals surface area contributed by atoms with E-state index < -0.39 is 6.04 Å². The Kier molecular flexibility index (Phi) is 4.68. The van der Waals surface area contributed by atoms with Crippen molar-refractivity contribution in [3.05, 3.63) is 83.9 Å². The van der Waals surface area contributed by atoms with Gasteiger partial charge in [-0.15, -0.1) is 0 Å². The van der Waals surface area contributed by atoms with Crippen LogP contribution >= 0.6 is 0 Å². The highest BCUT2D eigenvalue weighted by atomic mass is 16.3. The molecule has 0 aliphatic heterocycles. The number of hydrogen-bond acceptors (Lipinski definition) is 3. The van der Waals surface area contributed by atoms with Crippen molar-refractivity contribution < 1.29 is 5.11 Å². The van der Waals surface area contributed by atoms with Gasteiger partial charge in [0.15, 0.2) is 0 Å². The van der Waals surface area contributed by atoms with Crippen LogP contribution in [-0.2, 0) is 0 Å². The number of benzene rings is 3. The second kappa shape index (κ2) is 7.06. The van der Waals surface area contributed by atoms with Gasteiger partial charge in [0.1, 0.15) is 6.04 Å². The monoisotopic (exact) mass is 302 g/mol. The number of nitrogens with one attached hydrogen (secondary N) is 1. The molecular formula is C20H18N2O. The lowest BCUT2D eigenvalue weighted by Gasteiger charge is -2.21. The molecule has 114 valence electrons. The molecule has 0 amide bonds. The lowest BCUT2D eigenvalue weighted by atomic mass is 9.98. The number of nitriles is 1. The summed E-state index contributed by atoms with van der Waals surface area (Å²) in [6.07, 6.45) is 0. The lowest BCUT2D eigenvalue weighted by Crippen LogP contribution is -2.28. The minimum absolute atomic E-state index is 0.0625. The Bertz CT molecular complexity index is 818. The quantitative estimate of drug-likeness (QED) is 0.755. The molecule has 0 heterocycles. The van der Waals surface area contributed by atoms with Gasteiger partial charge in [-0.25, -0.2) is 0 Å². The maximum Gasteiger partial charge on any atom is 0.122 e. The fourth-order valence-corrected chi connectivity index (χ4v) is 2.84. The third kappa shape index (κ3) is 3.24. The molecule has 0 saturated heterocycles. The third-order valence-corrected chi connectivity index (χ3v) is 4.02. The Morgan fingerprint density at radius 1 is 0.913 bits per heavy atom. The number of hydrogen-bond donors (Lipinski definition) is 2. The Hall–Kier alpha value is -2.67. The highest BCUT2D eigenvalue weighted by Gasteiger charge is 2.19. The van der Waals surface area contributed by atoms with Gasteiger partial charge in [0.2, 0.25) is 0 Å². The van der Waals surface area contributed by atoms with Crippen molar-refractivity contribution in [2.24, 2.45) is 0 Å². The molecule has 2 N–H and O–H groups in total. The number of aliphatic hydroxyl groups excluding tert-OH is 1. The first kappa shape index (κ1) is 15.2. The van der Waals surface area contributed by atoms with Crippen LogP contribution in [0.3, 0.4) is 0 Å². The van der Waals surface area contributed by atoms with E-state index in [1.54, 1.807) is 0 Å². The molecule has 3 nitrogen and oxygen atoms in total. The van der Waals surface area contributed by atoms with Gasteiger partial charge < -0.3 is 5.11 Å². The highest BCUT2D eigenvalue weighted by Crippen LogP contribution is 2.26. The van der Waals surface area contributed by atoms with Gasteiger partial charge in [0.05, 0.1) is 18.7 Å². The fraction of sp³-hybridized carbons (Fsp3) is 0.150. The van der Waals surface area contributed by atoms with Crippen molar-refractivity contribution in [1.82, 2.24) is 5.32 Å². The molecule has 3 rings (SSSR count). The molecule has 0 spiro atoms. The van der Waals surface area contributed by atoms with Crippen molar-refractivity contribution in [1.29, 1.82) is 5.26 Å². The standard InChI is InChI=1S/C20H18N2O/c21-13-19(22-20(14-23)16-8-2-1-3-9-16)18-12-6-10-15-7-4-5-11-17(15)18/h1-12,19-20,22-23H,14H2/t19-,20+/m0/s1.